The quantitative estimate of drug-likeness (QED) is 0.782. The van der Waals surface area contributed by atoms with Gasteiger partial charge in [-0.05, 0) is 25.2 Å². The summed E-state index contributed by atoms with van der Waals surface area (Å²) >= 11 is 0. The number of hydrogen-bond donors (Lipinski definition) is 1. The van der Waals surface area contributed by atoms with Crippen molar-refractivity contribution in [3.63, 3.8) is 0 Å². The zero-order chi connectivity index (χ0) is 11.3. The van der Waals surface area contributed by atoms with Gasteiger partial charge in [-0.1, -0.05) is 20.8 Å². The summed E-state index contributed by atoms with van der Waals surface area (Å²) in [7, 11) is 0. The lowest BCUT2D eigenvalue weighted by Gasteiger charge is -2.26. The van der Waals surface area contributed by atoms with Gasteiger partial charge in [0.15, 0.2) is 0 Å². The van der Waals surface area contributed by atoms with Crippen LogP contribution in [0.25, 0.3) is 0 Å². The van der Waals surface area contributed by atoms with Crippen molar-refractivity contribution >= 4 is 0 Å². The highest BCUT2D eigenvalue weighted by Crippen LogP contribution is 2.21. The minimum Gasteiger partial charge on any atom is -0.464 e. The maximum absolute atomic E-state index is 5.81. The van der Waals surface area contributed by atoms with Crippen LogP contribution < -0.4 is 5.73 Å². The van der Waals surface area contributed by atoms with Gasteiger partial charge in [0.1, 0.15) is 11.5 Å². The second-order valence-corrected chi connectivity index (χ2v) is 3.63. The van der Waals surface area contributed by atoms with Gasteiger partial charge in [0, 0.05) is 13.0 Å². The minimum atomic E-state index is 0.222. The van der Waals surface area contributed by atoms with Crippen LogP contribution in [0, 0.1) is 0 Å². The van der Waals surface area contributed by atoms with E-state index in [4.69, 9.17) is 10.2 Å². The smallest absolute Gasteiger partial charge is 0.122 e. The van der Waals surface area contributed by atoms with Crippen LogP contribution in [-0.4, -0.2) is 24.5 Å². The van der Waals surface area contributed by atoms with E-state index in [9.17, 15) is 0 Å². The SMILES string of the molecule is CCc1ccc(C(CN)N(CC)CC)o1. The Bertz CT molecular complexity index is 279. The van der Waals surface area contributed by atoms with E-state index in [1.807, 2.05) is 6.07 Å². The molecule has 0 aliphatic rings. The Kier molecular flexibility index (Phi) is 4.85. The molecule has 0 aliphatic carbocycles. The first-order valence-electron chi connectivity index (χ1n) is 5.79. The van der Waals surface area contributed by atoms with Crippen molar-refractivity contribution in [3.05, 3.63) is 23.7 Å². The molecule has 2 N–H and O–H groups in total. The second kappa shape index (κ2) is 5.93. The Balaban J connectivity index is 2.81. The third-order valence-corrected chi connectivity index (χ3v) is 2.84. The predicted molar refractivity (Wildman–Crippen MR) is 62.8 cm³/mol. The number of furan rings is 1. The largest absolute Gasteiger partial charge is 0.464 e. The maximum atomic E-state index is 5.81. The van der Waals surface area contributed by atoms with Gasteiger partial charge in [-0.3, -0.25) is 4.90 Å². The number of nitrogens with zero attached hydrogens (tertiary/aromatic N) is 1. The van der Waals surface area contributed by atoms with Crippen LogP contribution in [0.5, 0.6) is 0 Å². The van der Waals surface area contributed by atoms with Crippen LogP contribution in [-0.2, 0) is 6.42 Å². The maximum Gasteiger partial charge on any atom is 0.122 e. The lowest BCUT2D eigenvalue weighted by Crippen LogP contribution is -2.33. The summed E-state index contributed by atoms with van der Waals surface area (Å²) in [5.41, 5.74) is 5.81. The van der Waals surface area contributed by atoms with Gasteiger partial charge in [0.25, 0.3) is 0 Å². The standard InChI is InChI=1S/C12H22N2O/c1-4-10-7-8-12(15-10)11(9-13)14(5-2)6-3/h7-8,11H,4-6,9,13H2,1-3H3. The van der Waals surface area contributed by atoms with E-state index in [0.29, 0.717) is 6.54 Å². The average molecular weight is 210 g/mol. The van der Waals surface area contributed by atoms with Gasteiger partial charge in [-0.15, -0.1) is 0 Å². The highest BCUT2D eigenvalue weighted by atomic mass is 16.3. The average Bonchev–Trinajstić information content (AvgIpc) is 2.73. The van der Waals surface area contributed by atoms with Crippen molar-refractivity contribution < 1.29 is 4.42 Å². The molecule has 1 rings (SSSR count). The molecule has 15 heavy (non-hydrogen) atoms. The Morgan fingerprint density at radius 1 is 1.27 bits per heavy atom. The van der Waals surface area contributed by atoms with Crippen molar-refractivity contribution in [1.29, 1.82) is 0 Å². The lowest BCUT2D eigenvalue weighted by atomic mass is 10.2. The van der Waals surface area contributed by atoms with Crippen molar-refractivity contribution in [2.45, 2.75) is 33.2 Å². The van der Waals surface area contributed by atoms with E-state index >= 15 is 0 Å². The van der Waals surface area contributed by atoms with E-state index in [1.54, 1.807) is 0 Å². The summed E-state index contributed by atoms with van der Waals surface area (Å²) in [5, 5.41) is 0. The zero-order valence-electron chi connectivity index (χ0n) is 9.99. The monoisotopic (exact) mass is 210 g/mol. The van der Waals surface area contributed by atoms with Gasteiger partial charge >= 0.3 is 0 Å². The summed E-state index contributed by atoms with van der Waals surface area (Å²) in [6, 6.07) is 4.32. The van der Waals surface area contributed by atoms with E-state index in [2.05, 4.69) is 31.7 Å². The molecule has 86 valence electrons. The van der Waals surface area contributed by atoms with E-state index < -0.39 is 0 Å². The lowest BCUT2D eigenvalue weighted by molar-refractivity contribution is 0.196. The van der Waals surface area contributed by atoms with Gasteiger partial charge in [0.2, 0.25) is 0 Å². The molecule has 3 heteroatoms. The normalized spacial score (nSPS) is 13.4. The molecular formula is C12H22N2O. The van der Waals surface area contributed by atoms with E-state index in [-0.39, 0.29) is 6.04 Å². The molecule has 0 saturated carbocycles. The number of likely N-dealkylation sites (N-methyl/N-ethyl adjacent to an activating group) is 1. The molecule has 1 heterocycles. The number of nitrogens with two attached hydrogens (primary N) is 1. The molecule has 0 bridgehead atoms. The van der Waals surface area contributed by atoms with Crippen LogP contribution in [0.3, 0.4) is 0 Å². The Morgan fingerprint density at radius 2 is 1.93 bits per heavy atom. The molecule has 0 amide bonds. The Labute approximate surface area is 92.2 Å². The first kappa shape index (κ1) is 12.3. The van der Waals surface area contributed by atoms with E-state index in [0.717, 1.165) is 31.0 Å². The van der Waals surface area contributed by atoms with Crippen molar-refractivity contribution in [3.8, 4) is 0 Å². The van der Waals surface area contributed by atoms with Gasteiger partial charge < -0.3 is 10.2 Å². The fourth-order valence-corrected chi connectivity index (χ4v) is 1.87. The molecule has 1 aromatic heterocycles. The summed E-state index contributed by atoms with van der Waals surface area (Å²) in [6.07, 6.45) is 0.940. The number of rotatable bonds is 6. The molecule has 1 unspecified atom stereocenters. The molecule has 0 fully saturated rings. The first-order valence-corrected chi connectivity index (χ1v) is 5.79. The molecule has 3 nitrogen and oxygen atoms in total. The topological polar surface area (TPSA) is 42.4 Å². The molecule has 0 radical (unpaired) electrons. The summed E-state index contributed by atoms with van der Waals surface area (Å²) < 4.78 is 5.75. The van der Waals surface area contributed by atoms with Crippen LogP contribution in [0.2, 0.25) is 0 Å². The molecule has 1 atom stereocenters. The van der Waals surface area contributed by atoms with Crippen LogP contribution in [0.15, 0.2) is 16.5 Å². The van der Waals surface area contributed by atoms with Crippen molar-refractivity contribution in [2.75, 3.05) is 19.6 Å². The van der Waals surface area contributed by atoms with Crippen molar-refractivity contribution in [2.24, 2.45) is 5.73 Å². The number of aryl methyl sites for hydroxylation is 1. The summed E-state index contributed by atoms with van der Waals surface area (Å²) in [4.78, 5) is 2.32. The molecule has 0 spiro atoms. The van der Waals surface area contributed by atoms with Gasteiger partial charge in [-0.25, -0.2) is 0 Å². The Morgan fingerprint density at radius 3 is 2.33 bits per heavy atom. The van der Waals surface area contributed by atoms with Crippen LogP contribution in [0.1, 0.15) is 38.3 Å². The van der Waals surface area contributed by atoms with Gasteiger partial charge in [-0.2, -0.15) is 0 Å². The first-order chi connectivity index (χ1) is 7.26. The number of hydrogen-bond acceptors (Lipinski definition) is 3. The minimum absolute atomic E-state index is 0.222. The molecule has 0 aromatic carbocycles. The third-order valence-electron chi connectivity index (χ3n) is 2.84. The third kappa shape index (κ3) is 2.83. The highest BCUT2D eigenvalue weighted by molar-refractivity contribution is 5.11. The van der Waals surface area contributed by atoms with Crippen molar-refractivity contribution in [1.82, 2.24) is 4.90 Å². The predicted octanol–water partition coefficient (Wildman–Crippen LogP) is 2.18. The molecule has 0 aliphatic heterocycles. The fraction of sp³-hybridized carbons (Fsp3) is 0.667. The molecule has 1 aromatic rings. The second-order valence-electron chi connectivity index (χ2n) is 3.63. The Hall–Kier alpha value is -0.800. The molecular weight excluding hydrogens is 188 g/mol. The van der Waals surface area contributed by atoms with Gasteiger partial charge in [0.05, 0.1) is 6.04 Å². The highest BCUT2D eigenvalue weighted by Gasteiger charge is 2.19. The summed E-state index contributed by atoms with van der Waals surface area (Å²) in [5.74, 6) is 2.04. The summed E-state index contributed by atoms with van der Waals surface area (Å²) in [6.45, 7) is 9.00. The van der Waals surface area contributed by atoms with Crippen LogP contribution >= 0.6 is 0 Å². The zero-order valence-corrected chi connectivity index (χ0v) is 9.99. The molecule has 0 saturated heterocycles. The van der Waals surface area contributed by atoms with E-state index in [1.165, 1.54) is 0 Å². The van der Waals surface area contributed by atoms with Crippen LogP contribution in [0.4, 0.5) is 0 Å². The fourth-order valence-electron chi connectivity index (χ4n) is 1.87.